The van der Waals surface area contributed by atoms with Crippen LogP contribution in [0.3, 0.4) is 0 Å². The first-order valence-corrected chi connectivity index (χ1v) is 5.66. The molecule has 0 aromatic heterocycles. The molecule has 6 nitrogen and oxygen atoms in total. The Kier molecular flexibility index (Phi) is 3.66. The van der Waals surface area contributed by atoms with E-state index in [1.54, 1.807) is 0 Å². The smallest absolute Gasteiger partial charge is 0.231 e. The van der Waals surface area contributed by atoms with Crippen LogP contribution in [0, 0.1) is 0 Å². The quantitative estimate of drug-likeness (QED) is 0.472. The van der Waals surface area contributed by atoms with Crippen molar-refractivity contribution in [1.29, 1.82) is 0 Å². The Bertz CT molecular complexity index is 493. The number of nitrogens with two attached hydrogens (primary N) is 2. The van der Waals surface area contributed by atoms with Crippen molar-refractivity contribution >= 4 is 11.7 Å². The number of nitrogens with zero attached hydrogens (tertiary/aromatic N) is 2. The molecule has 0 amide bonds. The van der Waals surface area contributed by atoms with E-state index in [1.165, 1.54) is 5.56 Å². The molecule has 0 fully saturated rings. The Labute approximate surface area is 105 Å². The second-order valence-corrected chi connectivity index (χ2v) is 4.05. The molecule has 1 aliphatic heterocycles. The van der Waals surface area contributed by atoms with Gasteiger partial charge in [-0.05, 0) is 37.5 Å². The highest BCUT2D eigenvalue weighted by Crippen LogP contribution is 2.32. The summed E-state index contributed by atoms with van der Waals surface area (Å²) in [7, 11) is 0. The summed E-state index contributed by atoms with van der Waals surface area (Å²) in [4.78, 5) is 0. The minimum Gasteiger partial charge on any atom is -0.454 e. The average Bonchev–Trinajstić information content (AvgIpc) is 2.81. The molecule has 1 aliphatic rings. The second kappa shape index (κ2) is 5.39. The molecule has 18 heavy (non-hydrogen) atoms. The fraction of sp³-hybridized carbons (Fsp3) is 0.333. The fourth-order valence-electron chi connectivity index (χ4n) is 1.61. The number of fused-ring (bicyclic) bond motifs is 1. The van der Waals surface area contributed by atoms with Crippen molar-refractivity contribution in [2.45, 2.75) is 19.8 Å². The highest BCUT2D eigenvalue weighted by atomic mass is 16.7. The van der Waals surface area contributed by atoms with Gasteiger partial charge in [-0.1, -0.05) is 6.07 Å². The maximum absolute atomic E-state index is 5.32. The lowest BCUT2D eigenvalue weighted by Gasteiger charge is -2.02. The lowest BCUT2D eigenvalue weighted by Crippen LogP contribution is -2.22. The number of guanidine groups is 1. The van der Waals surface area contributed by atoms with Gasteiger partial charge in [0.2, 0.25) is 12.8 Å². The Morgan fingerprint density at radius 3 is 2.78 bits per heavy atom. The van der Waals surface area contributed by atoms with E-state index in [0.29, 0.717) is 6.79 Å². The van der Waals surface area contributed by atoms with Gasteiger partial charge in [0.15, 0.2) is 11.5 Å². The highest BCUT2D eigenvalue weighted by Gasteiger charge is 2.12. The van der Waals surface area contributed by atoms with Gasteiger partial charge in [-0.15, -0.1) is 5.10 Å². The van der Waals surface area contributed by atoms with Crippen LogP contribution in [-0.2, 0) is 6.42 Å². The van der Waals surface area contributed by atoms with E-state index in [9.17, 15) is 0 Å². The molecule has 1 aromatic rings. The molecule has 0 spiro atoms. The molecule has 0 saturated heterocycles. The van der Waals surface area contributed by atoms with Gasteiger partial charge in [-0.2, -0.15) is 5.10 Å². The predicted octanol–water partition coefficient (Wildman–Crippen LogP) is 0.997. The van der Waals surface area contributed by atoms with Gasteiger partial charge in [0.05, 0.1) is 0 Å². The zero-order chi connectivity index (χ0) is 13.0. The molecule has 0 saturated carbocycles. The van der Waals surface area contributed by atoms with Crippen LogP contribution < -0.4 is 20.9 Å². The van der Waals surface area contributed by atoms with Crippen LogP contribution in [-0.4, -0.2) is 18.5 Å². The number of rotatable bonds is 4. The molecule has 1 heterocycles. The van der Waals surface area contributed by atoms with Crippen LogP contribution in [0.5, 0.6) is 11.5 Å². The van der Waals surface area contributed by atoms with Crippen LogP contribution in [0.25, 0.3) is 0 Å². The maximum Gasteiger partial charge on any atom is 0.231 e. The summed E-state index contributed by atoms with van der Waals surface area (Å²) < 4.78 is 10.6. The lowest BCUT2D eigenvalue weighted by molar-refractivity contribution is 0.174. The van der Waals surface area contributed by atoms with Crippen molar-refractivity contribution in [3.05, 3.63) is 23.8 Å². The van der Waals surface area contributed by atoms with Crippen molar-refractivity contribution in [2.24, 2.45) is 21.7 Å². The molecule has 96 valence electrons. The van der Waals surface area contributed by atoms with Crippen molar-refractivity contribution < 1.29 is 9.47 Å². The van der Waals surface area contributed by atoms with Crippen LogP contribution in [0.1, 0.15) is 18.9 Å². The van der Waals surface area contributed by atoms with Gasteiger partial charge in [-0.25, -0.2) is 0 Å². The molecule has 0 unspecified atom stereocenters. The summed E-state index contributed by atoms with van der Waals surface area (Å²) in [6, 6.07) is 5.91. The fourth-order valence-corrected chi connectivity index (χ4v) is 1.61. The van der Waals surface area contributed by atoms with E-state index >= 15 is 0 Å². The molecule has 2 rings (SSSR count). The lowest BCUT2D eigenvalue weighted by atomic mass is 10.1. The summed E-state index contributed by atoms with van der Waals surface area (Å²) >= 11 is 0. The van der Waals surface area contributed by atoms with Crippen LogP contribution in [0.15, 0.2) is 28.4 Å². The standard InChI is InChI=1S/C12H16N4O2/c1-8(15-16-12(13)14)2-3-9-4-5-10-11(6-9)18-7-17-10/h4-6H,2-3,7H2,1H3,(H4,13,14,16)/b15-8-. The van der Waals surface area contributed by atoms with Gasteiger partial charge in [-0.3, -0.25) is 0 Å². The summed E-state index contributed by atoms with van der Waals surface area (Å²) in [6.45, 7) is 2.18. The molecular weight excluding hydrogens is 232 g/mol. The van der Waals surface area contributed by atoms with Crippen molar-refractivity contribution in [2.75, 3.05) is 6.79 Å². The van der Waals surface area contributed by atoms with Gasteiger partial charge in [0.1, 0.15) is 0 Å². The SMILES string of the molecule is C/C(CCc1ccc2c(c1)OCO2)=N/N=C(N)N. The third kappa shape index (κ3) is 3.13. The van der Waals surface area contributed by atoms with Gasteiger partial charge < -0.3 is 20.9 Å². The molecule has 0 atom stereocenters. The predicted molar refractivity (Wildman–Crippen MR) is 69.8 cm³/mol. The zero-order valence-electron chi connectivity index (χ0n) is 10.2. The summed E-state index contributed by atoms with van der Waals surface area (Å²) in [5, 5.41) is 7.52. The van der Waals surface area contributed by atoms with Gasteiger partial charge in [0.25, 0.3) is 0 Å². The number of hydrogen-bond donors (Lipinski definition) is 2. The third-order valence-corrected chi connectivity index (χ3v) is 2.55. The third-order valence-electron chi connectivity index (χ3n) is 2.55. The summed E-state index contributed by atoms with van der Waals surface area (Å²) in [5.74, 6) is 1.56. The number of aryl methyl sites for hydroxylation is 1. The number of hydrogen-bond acceptors (Lipinski definition) is 4. The molecule has 4 N–H and O–H groups in total. The summed E-state index contributed by atoms with van der Waals surface area (Å²) in [5.41, 5.74) is 12.4. The number of benzene rings is 1. The Balaban J connectivity index is 1.94. The molecule has 0 bridgehead atoms. The Morgan fingerprint density at radius 2 is 2.00 bits per heavy atom. The van der Waals surface area contributed by atoms with Crippen molar-refractivity contribution in [3.63, 3.8) is 0 Å². The van der Waals surface area contributed by atoms with Gasteiger partial charge >= 0.3 is 0 Å². The van der Waals surface area contributed by atoms with Crippen LogP contribution in [0.2, 0.25) is 0 Å². The Morgan fingerprint density at radius 1 is 1.22 bits per heavy atom. The highest BCUT2D eigenvalue weighted by molar-refractivity contribution is 5.83. The first-order chi connectivity index (χ1) is 8.65. The first-order valence-electron chi connectivity index (χ1n) is 5.66. The molecule has 0 aliphatic carbocycles. The van der Waals surface area contributed by atoms with Gasteiger partial charge in [0, 0.05) is 5.71 Å². The minimum absolute atomic E-state index is 0.0302. The van der Waals surface area contributed by atoms with Crippen LogP contribution in [0.4, 0.5) is 0 Å². The van der Waals surface area contributed by atoms with E-state index in [1.807, 2.05) is 25.1 Å². The zero-order valence-corrected chi connectivity index (χ0v) is 10.2. The second-order valence-electron chi connectivity index (χ2n) is 4.05. The molecule has 6 heteroatoms. The monoisotopic (exact) mass is 248 g/mol. The van der Waals surface area contributed by atoms with E-state index in [2.05, 4.69) is 10.2 Å². The maximum atomic E-state index is 5.32. The normalized spacial score (nSPS) is 13.5. The van der Waals surface area contributed by atoms with Crippen molar-refractivity contribution in [1.82, 2.24) is 0 Å². The first kappa shape index (κ1) is 12.2. The average molecular weight is 248 g/mol. The largest absolute Gasteiger partial charge is 0.454 e. The van der Waals surface area contributed by atoms with E-state index in [-0.39, 0.29) is 5.96 Å². The van der Waals surface area contributed by atoms with Crippen LogP contribution >= 0.6 is 0 Å². The van der Waals surface area contributed by atoms with E-state index in [4.69, 9.17) is 20.9 Å². The molecular formula is C12H16N4O2. The topological polar surface area (TPSA) is 95.2 Å². The van der Waals surface area contributed by atoms with E-state index in [0.717, 1.165) is 30.1 Å². The number of ether oxygens (including phenoxy) is 2. The minimum atomic E-state index is -0.0302. The van der Waals surface area contributed by atoms with E-state index < -0.39 is 0 Å². The van der Waals surface area contributed by atoms with Crippen molar-refractivity contribution in [3.8, 4) is 11.5 Å². The molecule has 1 aromatic carbocycles. The Hall–Kier alpha value is -2.24. The summed E-state index contributed by atoms with van der Waals surface area (Å²) in [6.07, 6.45) is 1.64. The molecule has 0 radical (unpaired) electrons.